The molecule has 0 unspecified atom stereocenters. The molecule has 4 nitrogen and oxygen atoms in total. The van der Waals surface area contributed by atoms with Crippen LogP contribution in [-0.2, 0) is 0 Å². The molecule has 0 bridgehead atoms. The molecule has 1 rings (SSSR count). The largest absolute Gasteiger partial charge is 0.493 e. The highest BCUT2D eigenvalue weighted by molar-refractivity contribution is 14.1. The van der Waals surface area contributed by atoms with E-state index in [2.05, 4.69) is 4.98 Å². The Bertz CT molecular complexity index is 311. The van der Waals surface area contributed by atoms with Gasteiger partial charge in [-0.1, -0.05) is 0 Å². The molecular formula is C5H5BINO3. The van der Waals surface area contributed by atoms with Crippen molar-refractivity contribution in [1.82, 2.24) is 4.98 Å². The van der Waals surface area contributed by atoms with Crippen molar-refractivity contribution in [3.63, 3.8) is 0 Å². The normalized spacial score (nSPS) is 9.73. The second-order valence-corrected chi connectivity index (χ2v) is 3.14. The van der Waals surface area contributed by atoms with Gasteiger partial charge in [0.15, 0.2) is 5.43 Å². The van der Waals surface area contributed by atoms with E-state index in [1.165, 1.54) is 12.3 Å². The molecule has 0 aliphatic rings. The van der Waals surface area contributed by atoms with E-state index in [4.69, 9.17) is 10.0 Å². The number of H-pyrrole nitrogens is 1. The lowest BCUT2D eigenvalue weighted by Gasteiger charge is -1.96. The molecule has 0 aromatic carbocycles. The van der Waals surface area contributed by atoms with Gasteiger partial charge in [0.2, 0.25) is 0 Å². The van der Waals surface area contributed by atoms with Gasteiger partial charge in [-0.05, 0) is 22.6 Å². The number of pyridine rings is 1. The summed E-state index contributed by atoms with van der Waals surface area (Å²) in [5, 5.41) is 17.3. The van der Waals surface area contributed by atoms with Gasteiger partial charge in [0, 0.05) is 17.7 Å². The Kier molecular flexibility index (Phi) is 2.69. The van der Waals surface area contributed by atoms with E-state index in [9.17, 15) is 4.79 Å². The number of aromatic nitrogens is 1. The molecule has 1 heterocycles. The summed E-state index contributed by atoms with van der Waals surface area (Å²) in [6, 6.07) is 1.30. The first-order valence-electron chi connectivity index (χ1n) is 2.85. The van der Waals surface area contributed by atoms with Gasteiger partial charge in [0.1, 0.15) is 0 Å². The fraction of sp³-hybridized carbons (Fsp3) is 0. The topological polar surface area (TPSA) is 73.3 Å². The zero-order chi connectivity index (χ0) is 8.43. The summed E-state index contributed by atoms with van der Waals surface area (Å²) in [4.78, 5) is 13.6. The van der Waals surface area contributed by atoms with Crippen LogP contribution < -0.4 is 10.9 Å². The lowest BCUT2D eigenvalue weighted by molar-refractivity contribution is 0.425. The van der Waals surface area contributed by atoms with Crippen molar-refractivity contribution < 1.29 is 10.0 Å². The number of aromatic amines is 1. The molecule has 0 atom stereocenters. The minimum atomic E-state index is -1.70. The molecule has 0 aliphatic carbocycles. The highest BCUT2D eigenvalue weighted by Crippen LogP contribution is 1.91. The predicted octanol–water partition coefficient (Wildman–Crippen LogP) is -1.34. The van der Waals surface area contributed by atoms with Crippen LogP contribution in [0.2, 0.25) is 0 Å². The maximum absolute atomic E-state index is 10.9. The molecule has 0 aliphatic heterocycles. The Hall–Kier alpha value is -0.335. The van der Waals surface area contributed by atoms with Crippen LogP contribution in [0.1, 0.15) is 0 Å². The van der Waals surface area contributed by atoms with Crippen LogP contribution in [0.5, 0.6) is 0 Å². The maximum atomic E-state index is 10.9. The van der Waals surface area contributed by atoms with E-state index >= 15 is 0 Å². The average molecular weight is 265 g/mol. The second-order valence-electron chi connectivity index (χ2n) is 1.97. The minimum Gasteiger partial charge on any atom is -0.423 e. The average Bonchev–Trinajstić information content (AvgIpc) is 1.85. The Morgan fingerprint density at radius 3 is 2.64 bits per heavy atom. The second kappa shape index (κ2) is 3.37. The van der Waals surface area contributed by atoms with Crippen LogP contribution in [0, 0.1) is 3.70 Å². The van der Waals surface area contributed by atoms with E-state index in [-0.39, 0.29) is 10.9 Å². The lowest BCUT2D eigenvalue weighted by Crippen LogP contribution is -2.41. The summed E-state index contributed by atoms with van der Waals surface area (Å²) in [5.41, 5.74) is -0.409. The van der Waals surface area contributed by atoms with E-state index in [1.54, 1.807) is 0 Å². The van der Waals surface area contributed by atoms with E-state index in [1.807, 2.05) is 22.6 Å². The van der Waals surface area contributed by atoms with Crippen molar-refractivity contribution in [1.29, 1.82) is 0 Å². The fourth-order valence-electron chi connectivity index (χ4n) is 0.660. The van der Waals surface area contributed by atoms with Gasteiger partial charge in [-0.2, -0.15) is 0 Å². The zero-order valence-corrected chi connectivity index (χ0v) is 7.57. The molecule has 6 heteroatoms. The van der Waals surface area contributed by atoms with Gasteiger partial charge in [0.25, 0.3) is 0 Å². The molecule has 0 saturated carbocycles. The summed E-state index contributed by atoms with van der Waals surface area (Å²) in [5.74, 6) is 0. The summed E-state index contributed by atoms with van der Waals surface area (Å²) in [6.07, 6.45) is 1.29. The molecule has 0 amide bonds. The van der Waals surface area contributed by atoms with Crippen molar-refractivity contribution in [2.75, 3.05) is 0 Å². The van der Waals surface area contributed by atoms with Crippen LogP contribution in [-0.4, -0.2) is 22.2 Å². The molecule has 0 radical (unpaired) electrons. The summed E-state index contributed by atoms with van der Waals surface area (Å²) in [6.45, 7) is 0. The quantitative estimate of drug-likeness (QED) is 0.334. The predicted molar refractivity (Wildman–Crippen MR) is 49.6 cm³/mol. The van der Waals surface area contributed by atoms with Crippen LogP contribution in [0.15, 0.2) is 17.1 Å². The van der Waals surface area contributed by atoms with Gasteiger partial charge in [-0.25, -0.2) is 0 Å². The van der Waals surface area contributed by atoms with Crippen molar-refractivity contribution in [2.45, 2.75) is 0 Å². The molecule has 3 N–H and O–H groups in total. The summed E-state index contributed by atoms with van der Waals surface area (Å²) < 4.78 is 0.664. The minimum absolute atomic E-state index is 0.0367. The number of nitrogens with one attached hydrogen (secondary N) is 1. The highest BCUT2D eigenvalue weighted by atomic mass is 127. The third-order valence-corrected chi connectivity index (χ3v) is 1.81. The van der Waals surface area contributed by atoms with Gasteiger partial charge < -0.3 is 15.0 Å². The first kappa shape index (κ1) is 8.76. The lowest BCUT2D eigenvalue weighted by atomic mass is 9.81. The molecule has 1 aromatic heterocycles. The molecule has 0 saturated heterocycles. The Morgan fingerprint density at radius 2 is 2.18 bits per heavy atom. The highest BCUT2D eigenvalue weighted by Gasteiger charge is 2.14. The van der Waals surface area contributed by atoms with Gasteiger partial charge >= 0.3 is 7.12 Å². The van der Waals surface area contributed by atoms with Crippen molar-refractivity contribution in [3.8, 4) is 0 Å². The van der Waals surface area contributed by atoms with Crippen molar-refractivity contribution in [3.05, 3.63) is 26.2 Å². The molecule has 0 spiro atoms. The van der Waals surface area contributed by atoms with Crippen LogP contribution in [0.25, 0.3) is 0 Å². The van der Waals surface area contributed by atoms with Crippen molar-refractivity contribution >= 4 is 35.2 Å². The summed E-state index contributed by atoms with van der Waals surface area (Å²) in [7, 11) is -1.70. The Balaban J connectivity index is 3.21. The zero-order valence-electron chi connectivity index (χ0n) is 5.41. The Morgan fingerprint density at radius 1 is 1.55 bits per heavy atom. The molecule has 11 heavy (non-hydrogen) atoms. The summed E-state index contributed by atoms with van der Waals surface area (Å²) >= 11 is 1.93. The molecular weight excluding hydrogens is 260 g/mol. The maximum Gasteiger partial charge on any atom is 0.493 e. The van der Waals surface area contributed by atoms with Gasteiger partial charge in [0.05, 0.1) is 3.70 Å². The third-order valence-electron chi connectivity index (χ3n) is 1.19. The fourth-order valence-corrected chi connectivity index (χ4v) is 1.10. The van der Waals surface area contributed by atoms with Gasteiger partial charge in [-0.3, -0.25) is 4.79 Å². The van der Waals surface area contributed by atoms with E-state index < -0.39 is 7.12 Å². The molecule has 1 aromatic rings. The van der Waals surface area contributed by atoms with Crippen molar-refractivity contribution in [2.24, 2.45) is 0 Å². The van der Waals surface area contributed by atoms with E-state index in [0.29, 0.717) is 3.70 Å². The third kappa shape index (κ3) is 2.04. The number of hydrogen-bond donors (Lipinski definition) is 3. The molecule has 0 fully saturated rings. The van der Waals surface area contributed by atoms with E-state index in [0.717, 1.165) is 0 Å². The number of rotatable bonds is 1. The van der Waals surface area contributed by atoms with Crippen LogP contribution in [0.4, 0.5) is 0 Å². The monoisotopic (exact) mass is 265 g/mol. The first-order chi connectivity index (χ1) is 5.11. The molecule has 58 valence electrons. The SMILES string of the molecule is O=c1cc(I)[nH]cc1B(O)O. The number of halogens is 1. The number of hydrogen-bond acceptors (Lipinski definition) is 3. The Labute approximate surface area is 76.6 Å². The van der Waals surface area contributed by atoms with Crippen LogP contribution >= 0.6 is 22.6 Å². The standard InChI is InChI=1S/C5H5BINO3/c7-5-1-4(9)3(2-8-5)6(10)11/h1-2,10-11H,(H,8,9). The smallest absolute Gasteiger partial charge is 0.423 e. The van der Waals surface area contributed by atoms with Gasteiger partial charge in [-0.15, -0.1) is 0 Å². The van der Waals surface area contributed by atoms with Crippen LogP contribution in [0.3, 0.4) is 0 Å². The first-order valence-corrected chi connectivity index (χ1v) is 3.93.